The Labute approximate surface area is 113 Å². The maximum absolute atomic E-state index is 13.4. The third kappa shape index (κ3) is 3.31. The zero-order valence-corrected chi connectivity index (χ0v) is 10.2. The maximum atomic E-state index is 13.4. The van der Waals surface area contributed by atoms with Crippen LogP contribution in [0.4, 0.5) is 13.2 Å². The monoisotopic (exact) mass is 282 g/mol. The Hall–Kier alpha value is -1.99. The number of halogens is 3. The Balaban J connectivity index is 2.20. The van der Waals surface area contributed by atoms with Gasteiger partial charge in [0, 0.05) is 11.0 Å². The fourth-order valence-corrected chi connectivity index (χ4v) is 1.66. The van der Waals surface area contributed by atoms with Crippen molar-refractivity contribution in [2.75, 3.05) is 0 Å². The smallest absolute Gasteiger partial charge is 0.489 e. The van der Waals surface area contributed by atoms with Crippen molar-refractivity contribution in [3.63, 3.8) is 0 Å². The van der Waals surface area contributed by atoms with E-state index in [0.717, 1.165) is 30.3 Å². The molecule has 0 aliphatic heterocycles. The van der Waals surface area contributed by atoms with Gasteiger partial charge >= 0.3 is 7.12 Å². The van der Waals surface area contributed by atoms with E-state index in [4.69, 9.17) is 14.8 Å². The van der Waals surface area contributed by atoms with Gasteiger partial charge in [0.05, 0.1) is 0 Å². The van der Waals surface area contributed by atoms with Crippen LogP contribution in [0, 0.1) is 17.5 Å². The van der Waals surface area contributed by atoms with Gasteiger partial charge in [-0.25, -0.2) is 13.2 Å². The molecule has 0 fully saturated rings. The van der Waals surface area contributed by atoms with Crippen LogP contribution in [-0.2, 0) is 6.61 Å². The van der Waals surface area contributed by atoms with Crippen molar-refractivity contribution in [1.82, 2.24) is 0 Å². The van der Waals surface area contributed by atoms with E-state index >= 15 is 0 Å². The molecule has 2 aromatic rings. The zero-order valence-electron chi connectivity index (χ0n) is 10.2. The number of hydrogen-bond acceptors (Lipinski definition) is 3. The lowest BCUT2D eigenvalue weighted by Gasteiger charge is -2.11. The number of ether oxygens (including phenoxy) is 1. The van der Waals surface area contributed by atoms with Crippen LogP contribution in [0.5, 0.6) is 5.75 Å². The summed E-state index contributed by atoms with van der Waals surface area (Å²) < 4.78 is 44.6. The van der Waals surface area contributed by atoms with Gasteiger partial charge in [-0.2, -0.15) is 0 Å². The van der Waals surface area contributed by atoms with E-state index in [2.05, 4.69) is 0 Å². The number of benzene rings is 2. The van der Waals surface area contributed by atoms with E-state index in [1.165, 1.54) is 6.07 Å². The minimum absolute atomic E-state index is 0.0231. The molecule has 2 rings (SSSR count). The Morgan fingerprint density at radius 2 is 1.60 bits per heavy atom. The molecular formula is C13H10BF3O3. The summed E-state index contributed by atoms with van der Waals surface area (Å²) in [6, 6.07) is 6.03. The highest BCUT2D eigenvalue weighted by molar-refractivity contribution is 6.59. The van der Waals surface area contributed by atoms with Crippen LogP contribution < -0.4 is 10.2 Å². The first kappa shape index (κ1) is 14.4. The van der Waals surface area contributed by atoms with Crippen molar-refractivity contribution in [2.45, 2.75) is 6.61 Å². The van der Waals surface area contributed by atoms with Gasteiger partial charge in [0.15, 0.2) is 0 Å². The summed E-state index contributed by atoms with van der Waals surface area (Å²) in [7, 11) is -1.93. The molecule has 20 heavy (non-hydrogen) atoms. The van der Waals surface area contributed by atoms with Crippen LogP contribution in [0.1, 0.15) is 5.56 Å². The Kier molecular flexibility index (Phi) is 4.31. The summed E-state index contributed by atoms with van der Waals surface area (Å²) in [6.07, 6.45) is 0. The van der Waals surface area contributed by atoms with E-state index in [0.29, 0.717) is 0 Å². The largest absolute Gasteiger partial charge is 0.492 e. The van der Waals surface area contributed by atoms with Crippen LogP contribution in [0.15, 0.2) is 36.4 Å². The summed E-state index contributed by atoms with van der Waals surface area (Å²) in [5, 5.41) is 18.2. The lowest BCUT2D eigenvalue weighted by Crippen LogP contribution is -2.31. The lowest BCUT2D eigenvalue weighted by atomic mass is 9.79. The molecule has 0 saturated heterocycles. The minimum Gasteiger partial charge on any atom is -0.489 e. The van der Waals surface area contributed by atoms with Gasteiger partial charge in [-0.15, -0.1) is 0 Å². The van der Waals surface area contributed by atoms with Crippen molar-refractivity contribution in [1.29, 1.82) is 0 Å². The summed E-state index contributed by atoms with van der Waals surface area (Å²) in [5.41, 5.74) is -0.227. The van der Waals surface area contributed by atoms with Crippen molar-refractivity contribution >= 4 is 12.6 Å². The molecule has 0 aliphatic carbocycles. The molecule has 0 aliphatic rings. The molecule has 0 radical (unpaired) electrons. The number of hydrogen-bond donors (Lipinski definition) is 2. The molecular weight excluding hydrogens is 272 g/mol. The standard InChI is InChI=1S/C13H10BF3O3/c15-9-1-3-12(17)8(5-9)7-20-13-4-2-10(16)6-11(13)14(18)19/h1-6,18-19H,7H2. The second kappa shape index (κ2) is 5.98. The maximum Gasteiger partial charge on any atom is 0.492 e. The topological polar surface area (TPSA) is 49.7 Å². The molecule has 7 heteroatoms. The zero-order chi connectivity index (χ0) is 14.7. The second-order valence-electron chi connectivity index (χ2n) is 4.08. The Morgan fingerprint density at radius 1 is 0.950 bits per heavy atom. The second-order valence-corrected chi connectivity index (χ2v) is 4.08. The summed E-state index contributed by atoms with van der Waals surface area (Å²) in [5.74, 6) is -1.96. The number of rotatable bonds is 4. The molecule has 104 valence electrons. The Morgan fingerprint density at radius 3 is 2.30 bits per heavy atom. The normalized spacial score (nSPS) is 10.4. The van der Waals surface area contributed by atoms with E-state index in [9.17, 15) is 13.2 Å². The summed E-state index contributed by atoms with van der Waals surface area (Å²) in [6.45, 7) is -0.324. The minimum atomic E-state index is -1.93. The molecule has 0 aromatic heterocycles. The van der Waals surface area contributed by atoms with Crippen molar-refractivity contribution in [3.8, 4) is 5.75 Å². The third-order valence-electron chi connectivity index (χ3n) is 2.64. The SMILES string of the molecule is OB(O)c1cc(F)ccc1OCc1cc(F)ccc1F. The molecule has 3 nitrogen and oxygen atoms in total. The summed E-state index contributed by atoms with van der Waals surface area (Å²) >= 11 is 0. The molecule has 0 spiro atoms. The van der Waals surface area contributed by atoms with Gasteiger partial charge in [0.2, 0.25) is 0 Å². The molecule has 2 aromatic carbocycles. The molecule has 0 bridgehead atoms. The first-order valence-corrected chi connectivity index (χ1v) is 5.69. The van der Waals surface area contributed by atoms with Crippen LogP contribution >= 0.6 is 0 Å². The molecule has 0 unspecified atom stereocenters. The van der Waals surface area contributed by atoms with Gasteiger partial charge < -0.3 is 14.8 Å². The molecule has 2 N–H and O–H groups in total. The molecule has 0 amide bonds. The fourth-order valence-electron chi connectivity index (χ4n) is 1.66. The predicted octanol–water partition coefficient (Wildman–Crippen LogP) is 1.36. The molecule has 0 heterocycles. The van der Waals surface area contributed by atoms with E-state index in [1.807, 2.05) is 0 Å². The van der Waals surface area contributed by atoms with E-state index in [1.54, 1.807) is 0 Å². The quantitative estimate of drug-likeness (QED) is 0.832. The predicted molar refractivity (Wildman–Crippen MR) is 66.9 cm³/mol. The Bertz CT molecular complexity index is 620. The van der Waals surface area contributed by atoms with Crippen molar-refractivity contribution in [3.05, 3.63) is 59.4 Å². The highest BCUT2D eigenvalue weighted by Crippen LogP contribution is 2.15. The van der Waals surface area contributed by atoms with Crippen LogP contribution in [0.3, 0.4) is 0 Å². The van der Waals surface area contributed by atoms with Crippen molar-refractivity contribution in [2.24, 2.45) is 0 Å². The molecule has 0 saturated carbocycles. The van der Waals surface area contributed by atoms with Crippen molar-refractivity contribution < 1.29 is 28.0 Å². The lowest BCUT2D eigenvalue weighted by molar-refractivity contribution is 0.299. The average Bonchev–Trinajstić information content (AvgIpc) is 2.40. The van der Waals surface area contributed by atoms with Gasteiger partial charge in [-0.1, -0.05) is 0 Å². The molecule has 0 atom stereocenters. The highest BCUT2D eigenvalue weighted by Gasteiger charge is 2.18. The van der Waals surface area contributed by atoms with Crippen LogP contribution in [-0.4, -0.2) is 17.2 Å². The summed E-state index contributed by atoms with van der Waals surface area (Å²) in [4.78, 5) is 0. The third-order valence-corrected chi connectivity index (χ3v) is 2.64. The van der Waals surface area contributed by atoms with Gasteiger partial charge in [0.25, 0.3) is 0 Å². The van der Waals surface area contributed by atoms with E-state index in [-0.39, 0.29) is 23.4 Å². The highest BCUT2D eigenvalue weighted by atomic mass is 19.1. The first-order valence-electron chi connectivity index (χ1n) is 5.69. The van der Waals surface area contributed by atoms with Gasteiger partial charge in [0.1, 0.15) is 29.8 Å². The fraction of sp³-hybridized carbons (Fsp3) is 0.0769. The van der Waals surface area contributed by atoms with Crippen LogP contribution in [0.2, 0.25) is 0 Å². The van der Waals surface area contributed by atoms with E-state index < -0.39 is 24.6 Å². The van der Waals surface area contributed by atoms with Crippen LogP contribution in [0.25, 0.3) is 0 Å². The van der Waals surface area contributed by atoms with Gasteiger partial charge in [-0.05, 0) is 36.4 Å². The average molecular weight is 282 g/mol. The first-order chi connectivity index (χ1) is 9.47. The van der Waals surface area contributed by atoms with Gasteiger partial charge in [-0.3, -0.25) is 0 Å².